The first-order valence-corrected chi connectivity index (χ1v) is 4.92. The first-order valence-electron chi connectivity index (χ1n) is 4.92. The van der Waals surface area contributed by atoms with Crippen LogP contribution in [0.15, 0.2) is 34.6 Å². The second kappa shape index (κ2) is 5.74. The average molecular weight is 234 g/mol. The molecule has 0 radical (unpaired) electrons. The van der Waals surface area contributed by atoms with Gasteiger partial charge in [-0.25, -0.2) is 0 Å². The largest absolute Gasteiger partial charge is 0.548 e. The highest BCUT2D eigenvalue weighted by molar-refractivity contribution is 5.94. The van der Waals surface area contributed by atoms with Crippen molar-refractivity contribution >= 4 is 17.4 Å². The molecule has 0 saturated carbocycles. The van der Waals surface area contributed by atoms with E-state index in [4.69, 9.17) is 0 Å². The number of Topliss-reactive ketones (excluding diaryl/α,β-unsaturated/α-hetero) is 1. The van der Waals surface area contributed by atoms with Crippen LogP contribution in [-0.4, -0.2) is 30.4 Å². The zero-order valence-corrected chi connectivity index (χ0v) is 9.58. The van der Waals surface area contributed by atoms with Gasteiger partial charge in [0.1, 0.15) is 0 Å². The molecule has 90 valence electrons. The molecule has 0 N–H and O–H groups in total. The van der Waals surface area contributed by atoms with E-state index in [1.165, 1.54) is 14.0 Å². The summed E-state index contributed by atoms with van der Waals surface area (Å²) in [6, 6.07) is 6.53. The molecule has 0 bridgehead atoms. The van der Waals surface area contributed by atoms with Crippen LogP contribution in [0.3, 0.4) is 0 Å². The van der Waals surface area contributed by atoms with E-state index in [1.54, 1.807) is 24.3 Å². The fourth-order valence-electron chi connectivity index (χ4n) is 1.11. The van der Waals surface area contributed by atoms with Gasteiger partial charge in [0.05, 0.1) is 18.2 Å². The number of carboxylic acids is 1. The fourth-order valence-corrected chi connectivity index (χ4v) is 1.11. The van der Waals surface area contributed by atoms with Crippen molar-refractivity contribution in [3.8, 4) is 0 Å². The van der Waals surface area contributed by atoms with E-state index in [0.29, 0.717) is 11.3 Å². The molecule has 1 aromatic carbocycles. The smallest absolute Gasteiger partial charge is 0.159 e. The molecule has 0 aliphatic rings. The Morgan fingerprint density at radius 2 is 1.88 bits per heavy atom. The number of carbonyl (C=O) groups is 2. The van der Waals surface area contributed by atoms with Crippen molar-refractivity contribution in [2.24, 2.45) is 10.3 Å². The number of hydrogen-bond donors (Lipinski definition) is 0. The quantitative estimate of drug-likeness (QED) is 0.423. The van der Waals surface area contributed by atoms with Crippen molar-refractivity contribution < 1.29 is 14.7 Å². The van der Waals surface area contributed by atoms with Gasteiger partial charge in [0.2, 0.25) is 0 Å². The van der Waals surface area contributed by atoms with Crippen LogP contribution in [0.4, 0.5) is 5.69 Å². The summed E-state index contributed by atoms with van der Waals surface area (Å²) in [6.07, 6.45) is 0. The Kier molecular flexibility index (Phi) is 4.33. The standard InChI is InChI=1S/C11H13N3O3/c1-8(15)9-3-5-10(6-4-9)12-13-14(2)7-11(16)17/h3-6H,7H2,1-2H3,(H,16,17)/p-1. The Balaban J connectivity index is 2.65. The summed E-state index contributed by atoms with van der Waals surface area (Å²) in [6.45, 7) is 1.15. The summed E-state index contributed by atoms with van der Waals surface area (Å²) in [5, 5.41) is 18.9. The third-order valence-corrected chi connectivity index (χ3v) is 1.94. The van der Waals surface area contributed by atoms with E-state index in [1.807, 2.05) is 0 Å². The number of likely N-dealkylation sites (N-methyl/N-ethyl adjacent to an activating group) is 1. The number of hydrogen-bond acceptors (Lipinski definition) is 5. The Morgan fingerprint density at radius 1 is 1.29 bits per heavy atom. The van der Waals surface area contributed by atoms with Crippen LogP contribution < -0.4 is 5.11 Å². The van der Waals surface area contributed by atoms with Crippen molar-refractivity contribution in [2.45, 2.75) is 6.92 Å². The summed E-state index contributed by atoms with van der Waals surface area (Å²) in [7, 11) is 1.48. The van der Waals surface area contributed by atoms with E-state index in [-0.39, 0.29) is 12.3 Å². The Bertz CT molecular complexity index is 440. The lowest BCUT2D eigenvalue weighted by Crippen LogP contribution is -2.33. The lowest BCUT2D eigenvalue weighted by atomic mass is 10.1. The Labute approximate surface area is 98.6 Å². The number of benzene rings is 1. The van der Waals surface area contributed by atoms with Crippen LogP contribution >= 0.6 is 0 Å². The monoisotopic (exact) mass is 234 g/mol. The van der Waals surface area contributed by atoms with Gasteiger partial charge in [-0.1, -0.05) is 5.22 Å². The lowest BCUT2D eigenvalue weighted by molar-refractivity contribution is -0.306. The first-order chi connectivity index (χ1) is 7.99. The number of carboxylic acid groups (broad SMARTS) is 1. The molecule has 1 aromatic rings. The molecular weight excluding hydrogens is 222 g/mol. The maximum absolute atomic E-state index is 11.0. The van der Waals surface area contributed by atoms with Gasteiger partial charge in [-0.3, -0.25) is 9.80 Å². The molecule has 0 saturated heterocycles. The molecule has 0 amide bonds. The van der Waals surface area contributed by atoms with Crippen LogP contribution in [0.2, 0.25) is 0 Å². The van der Waals surface area contributed by atoms with Crippen molar-refractivity contribution in [3.05, 3.63) is 29.8 Å². The molecule has 0 fully saturated rings. The minimum atomic E-state index is -1.22. The van der Waals surface area contributed by atoms with Crippen LogP contribution in [0.25, 0.3) is 0 Å². The number of ketones is 1. The maximum Gasteiger partial charge on any atom is 0.159 e. The van der Waals surface area contributed by atoms with Gasteiger partial charge in [-0.2, -0.15) is 0 Å². The number of aliphatic carboxylic acids is 1. The van der Waals surface area contributed by atoms with E-state index in [9.17, 15) is 14.7 Å². The predicted octanol–water partition coefficient (Wildman–Crippen LogP) is 0.570. The minimum Gasteiger partial charge on any atom is -0.548 e. The number of nitrogens with zero attached hydrogens (tertiary/aromatic N) is 3. The molecule has 0 spiro atoms. The molecule has 0 aromatic heterocycles. The van der Waals surface area contributed by atoms with Gasteiger partial charge in [0.15, 0.2) is 5.78 Å². The summed E-state index contributed by atoms with van der Waals surface area (Å²) in [4.78, 5) is 21.3. The first kappa shape index (κ1) is 12.8. The molecule has 6 nitrogen and oxygen atoms in total. The molecule has 0 atom stereocenters. The fraction of sp³-hybridized carbons (Fsp3) is 0.273. The van der Waals surface area contributed by atoms with E-state index < -0.39 is 5.97 Å². The number of carbonyl (C=O) groups excluding carboxylic acids is 2. The third kappa shape index (κ3) is 4.42. The maximum atomic E-state index is 11.0. The topological polar surface area (TPSA) is 85.2 Å². The summed E-state index contributed by atoms with van der Waals surface area (Å²) < 4.78 is 0. The Hall–Kier alpha value is -2.24. The second-order valence-electron chi connectivity index (χ2n) is 3.48. The van der Waals surface area contributed by atoms with E-state index >= 15 is 0 Å². The molecule has 0 unspecified atom stereocenters. The summed E-state index contributed by atoms with van der Waals surface area (Å²) in [5.41, 5.74) is 1.13. The van der Waals surface area contributed by atoms with E-state index in [2.05, 4.69) is 10.3 Å². The zero-order chi connectivity index (χ0) is 12.8. The van der Waals surface area contributed by atoms with Crippen molar-refractivity contribution in [1.29, 1.82) is 0 Å². The van der Waals surface area contributed by atoms with Gasteiger partial charge < -0.3 is 9.90 Å². The second-order valence-corrected chi connectivity index (χ2v) is 3.48. The van der Waals surface area contributed by atoms with Gasteiger partial charge in [0, 0.05) is 12.6 Å². The van der Waals surface area contributed by atoms with Crippen molar-refractivity contribution in [3.63, 3.8) is 0 Å². The highest BCUT2D eigenvalue weighted by atomic mass is 16.4. The molecule has 1 rings (SSSR count). The minimum absolute atomic E-state index is 0.0254. The van der Waals surface area contributed by atoms with E-state index in [0.717, 1.165) is 5.01 Å². The van der Waals surface area contributed by atoms with Crippen LogP contribution in [0, 0.1) is 0 Å². The highest BCUT2D eigenvalue weighted by Crippen LogP contribution is 2.14. The SMILES string of the molecule is CC(=O)c1ccc(N=NN(C)CC(=O)[O-])cc1. The summed E-state index contributed by atoms with van der Waals surface area (Å²) in [5.74, 6) is -1.25. The van der Waals surface area contributed by atoms with Gasteiger partial charge >= 0.3 is 0 Å². The van der Waals surface area contributed by atoms with Crippen molar-refractivity contribution in [2.75, 3.05) is 13.6 Å². The van der Waals surface area contributed by atoms with Gasteiger partial charge in [-0.05, 0) is 31.2 Å². The van der Waals surface area contributed by atoms with Crippen LogP contribution in [-0.2, 0) is 4.79 Å². The molecule has 6 heteroatoms. The average Bonchev–Trinajstić information content (AvgIpc) is 2.26. The molecule has 0 aliphatic heterocycles. The van der Waals surface area contributed by atoms with Gasteiger partial charge in [0.25, 0.3) is 0 Å². The third-order valence-electron chi connectivity index (χ3n) is 1.94. The highest BCUT2D eigenvalue weighted by Gasteiger charge is 1.98. The predicted molar refractivity (Wildman–Crippen MR) is 58.6 cm³/mol. The molecule has 0 heterocycles. The summed E-state index contributed by atoms with van der Waals surface area (Å²) >= 11 is 0. The lowest BCUT2D eigenvalue weighted by Gasteiger charge is -2.10. The zero-order valence-electron chi connectivity index (χ0n) is 9.58. The molecule has 0 aliphatic carbocycles. The molecular formula is C11H12N3O3-. The van der Waals surface area contributed by atoms with Crippen LogP contribution in [0.5, 0.6) is 0 Å². The number of rotatable bonds is 5. The molecule has 17 heavy (non-hydrogen) atoms. The van der Waals surface area contributed by atoms with Gasteiger partial charge in [-0.15, -0.1) is 5.11 Å². The van der Waals surface area contributed by atoms with Crippen molar-refractivity contribution in [1.82, 2.24) is 5.01 Å². The Morgan fingerprint density at radius 3 is 2.35 bits per heavy atom. The van der Waals surface area contributed by atoms with Crippen LogP contribution in [0.1, 0.15) is 17.3 Å². The normalized spacial score (nSPS) is 10.5.